The predicted octanol–water partition coefficient (Wildman–Crippen LogP) is 1.20. The van der Waals surface area contributed by atoms with Crippen molar-refractivity contribution in [3.63, 3.8) is 0 Å². The van der Waals surface area contributed by atoms with E-state index in [4.69, 9.17) is 9.15 Å². The van der Waals surface area contributed by atoms with Crippen LogP contribution in [0.2, 0.25) is 0 Å². The smallest absolute Gasteiger partial charge is 0.360 e. The zero-order valence-electron chi connectivity index (χ0n) is 10.7. The second kappa shape index (κ2) is 4.97. The molecule has 1 saturated heterocycles. The van der Waals surface area contributed by atoms with Crippen LogP contribution in [0.3, 0.4) is 0 Å². The highest BCUT2D eigenvalue weighted by molar-refractivity contribution is 5.87. The minimum Gasteiger partial charge on any atom is -0.461 e. The molecule has 1 aromatic rings. The maximum atomic E-state index is 11.4. The van der Waals surface area contributed by atoms with E-state index in [0.717, 1.165) is 12.8 Å². The van der Waals surface area contributed by atoms with Gasteiger partial charge >= 0.3 is 5.97 Å². The predicted molar refractivity (Wildman–Crippen MR) is 64.5 cm³/mol. The number of hydrogen-bond donors (Lipinski definition) is 1. The van der Waals surface area contributed by atoms with E-state index in [2.05, 4.69) is 4.98 Å². The topological polar surface area (TPSA) is 75.8 Å². The van der Waals surface area contributed by atoms with E-state index in [0.29, 0.717) is 25.7 Å². The van der Waals surface area contributed by atoms with E-state index in [9.17, 15) is 9.90 Å². The van der Waals surface area contributed by atoms with Crippen LogP contribution in [0, 0.1) is 0 Å². The minimum absolute atomic E-state index is 0.165. The average Bonchev–Trinajstić information content (AvgIpc) is 2.75. The van der Waals surface area contributed by atoms with Gasteiger partial charge in [-0.25, -0.2) is 4.79 Å². The van der Waals surface area contributed by atoms with Crippen molar-refractivity contribution in [3.8, 4) is 0 Å². The van der Waals surface area contributed by atoms with Gasteiger partial charge in [-0.1, -0.05) is 13.3 Å². The van der Waals surface area contributed by atoms with Crippen LogP contribution in [0.5, 0.6) is 0 Å². The van der Waals surface area contributed by atoms with Crippen LogP contribution in [0.15, 0.2) is 10.7 Å². The van der Waals surface area contributed by atoms with Gasteiger partial charge in [0.15, 0.2) is 5.69 Å². The number of carbonyl (C=O) groups excluding carboxylic acids is 1. The van der Waals surface area contributed by atoms with Crippen molar-refractivity contribution in [3.05, 3.63) is 12.0 Å². The number of rotatable bonds is 5. The van der Waals surface area contributed by atoms with Crippen molar-refractivity contribution in [1.29, 1.82) is 0 Å². The molecule has 2 heterocycles. The highest BCUT2D eigenvalue weighted by Crippen LogP contribution is 2.30. The van der Waals surface area contributed by atoms with Crippen LogP contribution in [0.1, 0.15) is 37.2 Å². The number of anilines is 1. The van der Waals surface area contributed by atoms with Gasteiger partial charge in [0.05, 0.1) is 25.3 Å². The summed E-state index contributed by atoms with van der Waals surface area (Å²) in [7, 11) is 0. The molecule has 0 aliphatic carbocycles. The van der Waals surface area contributed by atoms with Gasteiger partial charge in [-0.15, -0.1) is 0 Å². The van der Waals surface area contributed by atoms with E-state index in [1.54, 1.807) is 11.8 Å². The van der Waals surface area contributed by atoms with Crippen LogP contribution in [0.4, 0.5) is 6.01 Å². The van der Waals surface area contributed by atoms with Gasteiger partial charge in [-0.05, 0) is 13.3 Å². The lowest BCUT2D eigenvalue weighted by atomic mass is 9.90. The van der Waals surface area contributed by atoms with Crippen molar-refractivity contribution in [2.75, 3.05) is 24.6 Å². The molecule has 1 N–H and O–H groups in total. The van der Waals surface area contributed by atoms with Crippen LogP contribution in [-0.2, 0) is 4.74 Å². The largest absolute Gasteiger partial charge is 0.461 e. The Balaban J connectivity index is 1.94. The van der Waals surface area contributed by atoms with Gasteiger partial charge in [0.25, 0.3) is 6.01 Å². The molecular formula is C12H18N2O4. The summed E-state index contributed by atoms with van der Waals surface area (Å²) in [6.07, 6.45) is 2.98. The molecule has 1 aliphatic heterocycles. The molecule has 6 heteroatoms. The summed E-state index contributed by atoms with van der Waals surface area (Å²) >= 11 is 0. The van der Waals surface area contributed by atoms with E-state index >= 15 is 0 Å². The summed E-state index contributed by atoms with van der Waals surface area (Å²) < 4.78 is 10.0. The summed E-state index contributed by atoms with van der Waals surface area (Å²) in [5.41, 5.74) is -0.481. The second-order valence-electron chi connectivity index (χ2n) is 4.57. The molecular weight excluding hydrogens is 236 g/mol. The zero-order chi connectivity index (χ0) is 13.2. The monoisotopic (exact) mass is 254 g/mol. The molecule has 0 radical (unpaired) electrons. The molecule has 0 bridgehead atoms. The van der Waals surface area contributed by atoms with E-state index in [1.165, 1.54) is 6.26 Å². The normalized spacial score (nSPS) is 17.4. The molecule has 6 nitrogen and oxygen atoms in total. The summed E-state index contributed by atoms with van der Waals surface area (Å²) in [5.74, 6) is -0.489. The van der Waals surface area contributed by atoms with Gasteiger partial charge in [0, 0.05) is 0 Å². The Bertz CT molecular complexity index is 423. The van der Waals surface area contributed by atoms with Crippen molar-refractivity contribution in [2.45, 2.75) is 32.3 Å². The van der Waals surface area contributed by atoms with Crippen LogP contribution < -0.4 is 4.90 Å². The summed E-state index contributed by atoms with van der Waals surface area (Å²) in [5, 5.41) is 10.0. The number of hydrogen-bond acceptors (Lipinski definition) is 6. The molecule has 0 atom stereocenters. The van der Waals surface area contributed by atoms with Gasteiger partial charge < -0.3 is 19.2 Å². The fourth-order valence-electron chi connectivity index (χ4n) is 2.13. The highest BCUT2D eigenvalue weighted by Gasteiger charge is 2.42. The number of oxazole rings is 1. The quantitative estimate of drug-likeness (QED) is 0.796. The number of β-amino-alcohol motifs (C(OH)–C–C–N with tert-alkyl or cyclic N) is 1. The number of nitrogens with zero attached hydrogens (tertiary/aromatic N) is 2. The Labute approximate surface area is 106 Å². The SMILES string of the molecule is CCCC1(O)CN(c2nc(C(=O)OCC)co2)C1. The number of aromatic nitrogens is 1. The standard InChI is InChI=1S/C12H18N2O4/c1-3-5-12(16)7-14(8-12)11-13-9(6-18-11)10(15)17-4-2/h6,16H,3-5,7-8H2,1-2H3. The summed E-state index contributed by atoms with van der Waals surface area (Å²) in [4.78, 5) is 17.3. The van der Waals surface area contributed by atoms with Crippen molar-refractivity contribution in [2.24, 2.45) is 0 Å². The van der Waals surface area contributed by atoms with Crippen molar-refractivity contribution < 1.29 is 19.1 Å². The van der Waals surface area contributed by atoms with Crippen molar-refractivity contribution in [1.82, 2.24) is 4.98 Å². The fourth-order valence-corrected chi connectivity index (χ4v) is 2.13. The third-order valence-electron chi connectivity index (χ3n) is 2.93. The van der Waals surface area contributed by atoms with Gasteiger partial charge in [0.1, 0.15) is 6.26 Å². The Hall–Kier alpha value is -1.56. The number of carbonyl (C=O) groups is 1. The first kappa shape index (κ1) is 12.9. The molecule has 0 unspecified atom stereocenters. The van der Waals surface area contributed by atoms with Gasteiger partial charge in [-0.2, -0.15) is 4.98 Å². The molecule has 1 aromatic heterocycles. The molecule has 0 aromatic carbocycles. The molecule has 1 aliphatic rings. The zero-order valence-corrected chi connectivity index (χ0v) is 10.7. The van der Waals surface area contributed by atoms with Crippen LogP contribution in [-0.4, -0.2) is 41.4 Å². The number of ether oxygens (including phenoxy) is 1. The minimum atomic E-state index is -0.646. The van der Waals surface area contributed by atoms with Gasteiger partial charge in [0.2, 0.25) is 0 Å². The maximum absolute atomic E-state index is 11.4. The van der Waals surface area contributed by atoms with E-state index < -0.39 is 11.6 Å². The first-order valence-corrected chi connectivity index (χ1v) is 6.18. The Morgan fingerprint density at radius 2 is 2.33 bits per heavy atom. The maximum Gasteiger partial charge on any atom is 0.360 e. The molecule has 1 fully saturated rings. The van der Waals surface area contributed by atoms with Crippen molar-refractivity contribution >= 4 is 12.0 Å². The third-order valence-corrected chi connectivity index (χ3v) is 2.93. The van der Waals surface area contributed by atoms with Crippen LogP contribution in [0.25, 0.3) is 0 Å². The number of esters is 1. The fraction of sp³-hybridized carbons (Fsp3) is 0.667. The Kier molecular flexibility index (Phi) is 3.56. The first-order valence-electron chi connectivity index (χ1n) is 6.18. The summed E-state index contributed by atoms with van der Waals surface area (Å²) in [6.45, 7) is 5.05. The van der Waals surface area contributed by atoms with E-state index in [-0.39, 0.29) is 5.69 Å². The lowest BCUT2D eigenvalue weighted by Crippen LogP contribution is -2.62. The second-order valence-corrected chi connectivity index (χ2v) is 4.57. The van der Waals surface area contributed by atoms with Gasteiger partial charge in [-0.3, -0.25) is 0 Å². The summed E-state index contributed by atoms with van der Waals surface area (Å²) in [6, 6.07) is 0.360. The molecule has 0 amide bonds. The average molecular weight is 254 g/mol. The van der Waals surface area contributed by atoms with E-state index in [1.807, 2.05) is 6.92 Å². The Morgan fingerprint density at radius 1 is 1.61 bits per heavy atom. The third kappa shape index (κ3) is 2.48. The molecule has 100 valence electrons. The Morgan fingerprint density at radius 3 is 2.94 bits per heavy atom. The molecule has 2 rings (SSSR count). The highest BCUT2D eigenvalue weighted by atomic mass is 16.5. The lowest BCUT2D eigenvalue weighted by molar-refractivity contribution is 0.000593. The lowest BCUT2D eigenvalue weighted by Gasteiger charge is -2.45. The van der Waals surface area contributed by atoms with Crippen LogP contribution >= 0.6 is 0 Å². The molecule has 18 heavy (non-hydrogen) atoms. The first-order chi connectivity index (χ1) is 8.58. The molecule has 0 saturated carbocycles. The molecule has 0 spiro atoms. The number of aliphatic hydroxyl groups is 1.